The number of pyridine rings is 1. The third-order valence-corrected chi connectivity index (χ3v) is 3.45. The molecule has 0 radical (unpaired) electrons. The average Bonchev–Trinajstić information content (AvgIpc) is 2.39. The summed E-state index contributed by atoms with van der Waals surface area (Å²) >= 11 is 0. The van der Waals surface area contributed by atoms with Crippen molar-refractivity contribution in [2.45, 2.75) is 44.2 Å². The van der Waals surface area contributed by atoms with E-state index in [0.29, 0.717) is 6.61 Å². The lowest BCUT2D eigenvalue weighted by Gasteiger charge is -2.31. The molecule has 4 heteroatoms. The Kier molecular flexibility index (Phi) is 4.55. The fourth-order valence-corrected chi connectivity index (χ4v) is 2.35. The summed E-state index contributed by atoms with van der Waals surface area (Å²) in [5.41, 5.74) is 0.350. The van der Waals surface area contributed by atoms with Gasteiger partial charge in [-0.3, -0.25) is 4.98 Å². The van der Waals surface area contributed by atoms with Gasteiger partial charge < -0.3 is 15.2 Å². The molecule has 18 heavy (non-hydrogen) atoms. The smallest absolute Gasteiger partial charge is 0.137 e. The molecule has 0 atom stereocenters. The number of rotatable bonds is 5. The maximum atomic E-state index is 10.3. The topological polar surface area (TPSA) is 54.4 Å². The highest BCUT2D eigenvalue weighted by Crippen LogP contribution is 2.28. The third kappa shape index (κ3) is 3.68. The molecule has 1 aliphatic rings. The van der Waals surface area contributed by atoms with Crippen molar-refractivity contribution < 1.29 is 9.84 Å². The SMILES string of the molecule is CNCc1ccc(OCC2(O)CCCCC2)cn1. The van der Waals surface area contributed by atoms with Gasteiger partial charge in [0.1, 0.15) is 12.4 Å². The van der Waals surface area contributed by atoms with Gasteiger partial charge in [-0.1, -0.05) is 19.3 Å². The van der Waals surface area contributed by atoms with Gasteiger partial charge in [0.2, 0.25) is 0 Å². The Morgan fingerprint density at radius 1 is 1.33 bits per heavy atom. The standard InChI is InChI=1S/C14H22N2O2/c1-15-9-12-5-6-13(10-16-12)18-11-14(17)7-3-2-4-8-14/h5-6,10,15,17H,2-4,7-9,11H2,1H3. The number of ether oxygens (including phenoxy) is 1. The predicted molar refractivity (Wildman–Crippen MR) is 70.5 cm³/mol. The third-order valence-electron chi connectivity index (χ3n) is 3.45. The number of hydrogen-bond acceptors (Lipinski definition) is 4. The van der Waals surface area contributed by atoms with Crippen molar-refractivity contribution in [3.05, 3.63) is 24.0 Å². The minimum atomic E-state index is -0.637. The van der Waals surface area contributed by atoms with Crippen LogP contribution in [0.15, 0.2) is 18.3 Å². The molecule has 0 aromatic carbocycles. The second-order valence-electron chi connectivity index (χ2n) is 5.09. The summed E-state index contributed by atoms with van der Waals surface area (Å²) < 4.78 is 5.65. The normalized spacial score (nSPS) is 18.6. The van der Waals surface area contributed by atoms with Crippen LogP contribution in [-0.4, -0.2) is 29.3 Å². The molecular weight excluding hydrogens is 228 g/mol. The lowest BCUT2D eigenvalue weighted by molar-refractivity contribution is -0.0339. The molecule has 2 N–H and O–H groups in total. The molecule has 0 saturated heterocycles. The van der Waals surface area contributed by atoms with Crippen LogP contribution in [0.4, 0.5) is 0 Å². The van der Waals surface area contributed by atoms with Crippen molar-refractivity contribution in [3.63, 3.8) is 0 Å². The molecule has 0 amide bonds. The van der Waals surface area contributed by atoms with Crippen molar-refractivity contribution in [1.82, 2.24) is 10.3 Å². The number of nitrogens with zero attached hydrogens (tertiary/aromatic N) is 1. The van der Waals surface area contributed by atoms with E-state index in [1.54, 1.807) is 6.20 Å². The molecular formula is C14H22N2O2. The molecule has 1 fully saturated rings. The Bertz CT molecular complexity index is 359. The van der Waals surface area contributed by atoms with Crippen LogP contribution in [0.1, 0.15) is 37.8 Å². The van der Waals surface area contributed by atoms with Crippen molar-refractivity contribution >= 4 is 0 Å². The predicted octanol–water partition coefficient (Wildman–Crippen LogP) is 1.88. The Balaban J connectivity index is 1.85. The molecule has 1 saturated carbocycles. The molecule has 4 nitrogen and oxygen atoms in total. The van der Waals surface area contributed by atoms with Crippen LogP contribution in [0, 0.1) is 0 Å². The summed E-state index contributed by atoms with van der Waals surface area (Å²) in [4.78, 5) is 4.29. The average molecular weight is 250 g/mol. The van der Waals surface area contributed by atoms with E-state index in [1.165, 1.54) is 6.42 Å². The fourth-order valence-electron chi connectivity index (χ4n) is 2.35. The van der Waals surface area contributed by atoms with Crippen molar-refractivity contribution in [1.29, 1.82) is 0 Å². The molecule has 100 valence electrons. The van der Waals surface area contributed by atoms with Crippen LogP contribution in [0.25, 0.3) is 0 Å². The Morgan fingerprint density at radius 2 is 2.11 bits per heavy atom. The van der Waals surface area contributed by atoms with Crippen LogP contribution in [-0.2, 0) is 6.54 Å². The van der Waals surface area contributed by atoms with Gasteiger partial charge in [0.05, 0.1) is 17.5 Å². The second kappa shape index (κ2) is 6.16. The van der Waals surface area contributed by atoms with Crippen molar-refractivity contribution in [2.24, 2.45) is 0 Å². The zero-order valence-electron chi connectivity index (χ0n) is 11.0. The first-order valence-electron chi connectivity index (χ1n) is 6.67. The lowest BCUT2D eigenvalue weighted by atomic mass is 9.86. The quantitative estimate of drug-likeness (QED) is 0.837. The number of hydrogen-bond donors (Lipinski definition) is 2. The summed E-state index contributed by atoms with van der Waals surface area (Å²) in [6, 6.07) is 3.85. The summed E-state index contributed by atoms with van der Waals surface area (Å²) in [7, 11) is 1.89. The fraction of sp³-hybridized carbons (Fsp3) is 0.643. The zero-order valence-corrected chi connectivity index (χ0v) is 11.0. The van der Waals surface area contributed by atoms with Gasteiger partial charge in [-0.25, -0.2) is 0 Å². The van der Waals surface area contributed by atoms with E-state index >= 15 is 0 Å². The zero-order chi connectivity index (χ0) is 12.8. The Labute approximate surface area is 108 Å². The maximum absolute atomic E-state index is 10.3. The van der Waals surface area contributed by atoms with Crippen molar-refractivity contribution in [2.75, 3.05) is 13.7 Å². The molecule has 2 rings (SSSR count). The largest absolute Gasteiger partial charge is 0.489 e. The molecule has 0 bridgehead atoms. The minimum absolute atomic E-state index is 0.375. The van der Waals surface area contributed by atoms with Gasteiger partial charge in [0.15, 0.2) is 0 Å². The highest BCUT2D eigenvalue weighted by Gasteiger charge is 2.29. The first-order chi connectivity index (χ1) is 8.72. The van der Waals surface area contributed by atoms with Gasteiger partial charge in [-0.05, 0) is 32.0 Å². The van der Waals surface area contributed by atoms with Gasteiger partial charge in [-0.15, -0.1) is 0 Å². The number of aromatic nitrogens is 1. The van der Waals surface area contributed by atoms with E-state index < -0.39 is 5.60 Å². The summed E-state index contributed by atoms with van der Waals surface area (Å²) in [6.07, 6.45) is 6.83. The van der Waals surface area contributed by atoms with Crippen LogP contribution < -0.4 is 10.1 Å². The van der Waals surface area contributed by atoms with Gasteiger partial charge >= 0.3 is 0 Å². The monoisotopic (exact) mass is 250 g/mol. The van der Waals surface area contributed by atoms with E-state index in [0.717, 1.165) is 43.7 Å². The first-order valence-corrected chi connectivity index (χ1v) is 6.67. The number of aliphatic hydroxyl groups is 1. The van der Waals surface area contributed by atoms with E-state index in [9.17, 15) is 5.11 Å². The summed E-state index contributed by atoms with van der Waals surface area (Å²) in [5, 5.41) is 13.4. The minimum Gasteiger partial charge on any atom is -0.489 e. The van der Waals surface area contributed by atoms with E-state index in [-0.39, 0.29) is 0 Å². The van der Waals surface area contributed by atoms with Gasteiger partial charge in [0.25, 0.3) is 0 Å². The molecule has 0 unspecified atom stereocenters. The highest BCUT2D eigenvalue weighted by atomic mass is 16.5. The summed E-state index contributed by atoms with van der Waals surface area (Å²) in [5.74, 6) is 0.730. The van der Waals surface area contributed by atoms with E-state index in [1.807, 2.05) is 19.2 Å². The van der Waals surface area contributed by atoms with Crippen LogP contribution in [0.2, 0.25) is 0 Å². The molecule has 1 aromatic heterocycles. The second-order valence-corrected chi connectivity index (χ2v) is 5.09. The first kappa shape index (κ1) is 13.3. The van der Waals surface area contributed by atoms with Gasteiger partial charge in [0, 0.05) is 6.54 Å². The van der Waals surface area contributed by atoms with Crippen molar-refractivity contribution in [3.8, 4) is 5.75 Å². The molecule has 0 spiro atoms. The van der Waals surface area contributed by atoms with Crippen LogP contribution >= 0.6 is 0 Å². The highest BCUT2D eigenvalue weighted by molar-refractivity contribution is 5.20. The van der Waals surface area contributed by atoms with Crippen LogP contribution in [0.3, 0.4) is 0 Å². The molecule has 1 heterocycles. The van der Waals surface area contributed by atoms with Gasteiger partial charge in [-0.2, -0.15) is 0 Å². The lowest BCUT2D eigenvalue weighted by Crippen LogP contribution is -2.37. The van der Waals surface area contributed by atoms with E-state index in [2.05, 4.69) is 10.3 Å². The Morgan fingerprint density at radius 3 is 2.72 bits per heavy atom. The number of nitrogens with one attached hydrogen (secondary N) is 1. The maximum Gasteiger partial charge on any atom is 0.137 e. The summed E-state index contributed by atoms with van der Waals surface area (Å²) in [6.45, 7) is 1.13. The molecule has 0 aliphatic heterocycles. The van der Waals surface area contributed by atoms with Crippen LogP contribution in [0.5, 0.6) is 5.75 Å². The Hall–Kier alpha value is -1.13. The van der Waals surface area contributed by atoms with E-state index in [4.69, 9.17) is 4.74 Å². The molecule has 1 aromatic rings. The molecule has 1 aliphatic carbocycles.